The number of para-hydroxylation sites is 1. The van der Waals surface area contributed by atoms with Crippen LogP contribution in [0.5, 0.6) is 0 Å². The maximum atomic E-state index is 12.4. The lowest BCUT2D eigenvalue weighted by molar-refractivity contribution is 0.0953. The lowest BCUT2D eigenvalue weighted by Crippen LogP contribution is -2.29. The first-order valence-electron chi connectivity index (χ1n) is 8.60. The summed E-state index contributed by atoms with van der Waals surface area (Å²) in [6.07, 6.45) is 2.09. The average molecular weight is 340 g/mol. The fourth-order valence-electron chi connectivity index (χ4n) is 2.96. The van der Waals surface area contributed by atoms with Crippen LogP contribution in [-0.4, -0.2) is 18.5 Å². The van der Waals surface area contributed by atoms with Crippen LogP contribution in [0.1, 0.15) is 44.0 Å². The maximum Gasteiger partial charge on any atom is 0.251 e. The molecule has 0 aliphatic carbocycles. The summed E-state index contributed by atoms with van der Waals surface area (Å²) in [6, 6.07) is 14.8. The van der Waals surface area contributed by atoms with Crippen LogP contribution >= 0.6 is 11.8 Å². The van der Waals surface area contributed by atoms with Crippen molar-refractivity contribution in [1.29, 1.82) is 0 Å². The molecule has 0 atom stereocenters. The summed E-state index contributed by atoms with van der Waals surface area (Å²) in [5.41, 5.74) is 3.07. The number of carbonyl (C=O) groups is 1. The van der Waals surface area contributed by atoms with E-state index in [-0.39, 0.29) is 5.91 Å². The summed E-state index contributed by atoms with van der Waals surface area (Å²) in [7, 11) is 0. The van der Waals surface area contributed by atoms with Gasteiger partial charge in [-0.3, -0.25) is 4.79 Å². The molecule has 0 fully saturated rings. The third kappa shape index (κ3) is 3.29. The molecule has 2 aromatic carbocycles. The topological polar surface area (TPSA) is 32.3 Å². The Labute approximate surface area is 148 Å². The summed E-state index contributed by atoms with van der Waals surface area (Å²) in [4.78, 5) is 17.2. The number of carbonyl (C=O) groups excluding carboxylic acids is 1. The van der Waals surface area contributed by atoms with Gasteiger partial charge in [0, 0.05) is 27.9 Å². The first kappa shape index (κ1) is 16.9. The van der Waals surface area contributed by atoms with Gasteiger partial charge in [0.05, 0.1) is 11.4 Å². The van der Waals surface area contributed by atoms with Crippen LogP contribution in [0.15, 0.2) is 52.3 Å². The highest BCUT2D eigenvalue weighted by Gasteiger charge is 2.26. The monoisotopic (exact) mass is 340 g/mol. The molecule has 0 unspecified atom stereocenters. The van der Waals surface area contributed by atoms with Crippen molar-refractivity contribution < 1.29 is 4.79 Å². The average Bonchev–Trinajstić information content (AvgIpc) is 2.58. The number of fused-ring (bicyclic) bond motifs is 2. The predicted octanol–water partition coefficient (Wildman–Crippen LogP) is 5.23. The molecule has 3 rings (SSSR count). The Morgan fingerprint density at radius 2 is 1.88 bits per heavy atom. The fourth-order valence-corrected chi connectivity index (χ4v) is 4.01. The molecule has 1 amide bonds. The largest absolute Gasteiger partial charge is 0.352 e. The summed E-state index contributed by atoms with van der Waals surface area (Å²) < 4.78 is 0. The summed E-state index contributed by atoms with van der Waals surface area (Å²) in [5, 5.41) is 3.01. The van der Waals surface area contributed by atoms with E-state index in [0.717, 1.165) is 30.6 Å². The molecule has 24 heavy (non-hydrogen) atoms. The zero-order valence-corrected chi connectivity index (χ0v) is 15.3. The second-order valence-corrected chi connectivity index (χ2v) is 7.41. The van der Waals surface area contributed by atoms with Crippen LogP contribution < -0.4 is 10.2 Å². The second kappa shape index (κ2) is 7.31. The number of anilines is 2. The molecule has 0 aromatic heterocycles. The lowest BCUT2D eigenvalue weighted by Gasteiger charge is -2.36. The molecule has 0 spiro atoms. The predicted molar refractivity (Wildman–Crippen MR) is 102 cm³/mol. The number of nitrogens with zero attached hydrogens (tertiary/aromatic N) is 1. The SMILES string of the molecule is CCCCNC(=O)c1ccc2c(c1)N(C(C)C)c1ccccc1S2. The molecular weight excluding hydrogens is 316 g/mol. The third-order valence-electron chi connectivity index (χ3n) is 4.16. The fraction of sp³-hybridized carbons (Fsp3) is 0.350. The molecular formula is C20H24N2OS. The highest BCUT2D eigenvalue weighted by atomic mass is 32.2. The number of hydrogen-bond donors (Lipinski definition) is 1. The van der Waals surface area contributed by atoms with Crippen molar-refractivity contribution in [3.8, 4) is 0 Å². The van der Waals surface area contributed by atoms with Crippen LogP contribution in [0.3, 0.4) is 0 Å². The highest BCUT2D eigenvalue weighted by molar-refractivity contribution is 7.99. The quantitative estimate of drug-likeness (QED) is 0.757. The van der Waals surface area contributed by atoms with Crippen molar-refractivity contribution in [2.45, 2.75) is 49.4 Å². The first-order valence-corrected chi connectivity index (χ1v) is 9.42. The molecule has 1 aliphatic rings. The number of amides is 1. The standard InChI is InChI=1S/C20H24N2OS/c1-4-5-12-21-20(23)15-10-11-19-17(13-15)22(14(2)3)16-8-6-7-9-18(16)24-19/h6-11,13-14H,4-5,12H2,1-3H3,(H,21,23). The van der Waals surface area contributed by atoms with Gasteiger partial charge in [-0.1, -0.05) is 37.2 Å². The molecule has 4 heteroatoms. The smallest absolute Gasteiger partial charge is 0.251 e. The van der Waals surface area contributed by atoms with Crippen LogP contribution in [-0.2, 0) is 0 Å². The first-order chi connectivity index (χ1) is 11.6. The van der Waals surface area contributed by atoms with Crippen LogP contribution in [0.4, 0.5) is 11.4 Å². The van der Waals surface area contributed by atoms with Crippen molar-refractivity contribution in [3.05, 3.63) is 48.0 Å². The molecule has 1 aliphatic heterocycles. The number of rotatable bonds is 5. The van der Waals surface area contributed by atoms with Crippen LogP contribution in [0.25, 0.3) is 0 Å². The Hall–Kier alpha value is -1.94. The number of unbranched alkanes of at least 4 members (excludes halogenated alkanes) is 1. The van der Waals surface area contributed by atoms with Gasteiger partial charge in [0.1, 0.15) is 0 Å². The maximum absolute atomic E-state index is 12.4. The number of nitrogens with one attached hydrogen (secondary N) is 1. The zero-order chi connectivity index (χ0) is 17.1. The third-order valence-corrected chi connectivity index (χ3v) is 5.29. The van der Waals surface area contributed by atoms with Crippen molar-refractivity contribution in [2.24, 2.45) is 0 Å². The molecule has 1 heterocycles. The van der Waals surface area contributed by atoms with Crippen molar-refractivity contribution in [3.63, 3.8) is 0 Å². The van der Waals surface area contributed by atoms with E-state index in [1.54, 1.807) is 11.8 Å². The Bertz CT molecular complexity index is 742. The van der Waals surface area contributed by atoms with Crippen molar-refractivity contribution >= 4 is 29.0 Å². The molecule has 1 N–H and O–H groups in total. The van der Waals surface area contributed by atoms with E-state index in [2.05, 4.69) is 61.3 Å². The number of benzene rings is 2. The summed E-state index contributed by atoms with van der Waals surface area (Å²) in [6.45, 7) is 7.23. The summed E-state index contributed by atoms with van der Waals surface area (Å²) >= 11 is 1.77. The molecule has 0 saturated carbocycles. The van der Waals surface area contributed by atoms with Crippen LogP contribution in [0, 0.1) is 0 Å². The minimum Gasteiger partial charge on any atom is -0.352 e. The zero-order valence-electron chi connectivity index (χ0n) is 14.5. The van der Waals surface area contributed by atoms with Gasteiger partial charge in [0.2, 0.25) is 0 Å². The van der Waals surface area contributed by atoms with Gasteiger partial charge in [-0.25, -0.2) is 0 Å². The molecule has 3 nitrogen and oxygen atoms in total. The van der Waals surface area contributed by atoms with Gasteiger partial charge in [-0.05, 0) is 50.6 Å². The van der Waals surface area contributed by atoms with E-state index in [0.29, 0.717) is 6.04 Å². The van der Waals surface area contributed by atoms with Crippen molar-refractivity contribution in [1.82, 2.24) is 5.32 Å². The van der Waals surface area contributed by atoms with Gasteiger partial charge in [0.25, 0.3) is 5.91 Å². The van der Waals surface area contributed by atoms with E-state index in [4.69, 9.17) is 0 Å². The van der Waals surface area contributed by atoms with E-state index in [1.807, 2.05) is 12.1 Å². The minimum atomic E-state index is 0.0128. The van der Waals surface area contributed by atoms with Gasteiger partial charge < -0.3 is 10.2 Å². The van der Waals surface area contributed by atoms with Crippen LogP contribution in [0.2, 0.25) is 0 Å². The minimum absolute atomic E-state index is 0.0128. The molecule has 0 saturated heterocycles. The van der Waals surface area contributed by atoms with Gasteiger partial charge in [0.15, 0.2) is 0 Å². The summed E-state index contributed by atoms with van der Waals surface area (Å²) in [5.74, 6) is 0.0128. The Morgan fingerprint density at radius 3 is 2.62 bits per heavy atom. The van der Waals surface area contributed by atoms with E-state index in [9.17, 15) is 4.79 Å². The second-order valence-electron chi connectivity index (χ2n) is 6.33. The Morgan fingerprint density at radius 1 is 1.12 bits per heavy atom. The van der Waals surface area contributed by atoms with Gasteiger partial charge in [-0.15, -0.1) is 0 Å². The van der Waals surface area contributed by atoms with E-state index < -0.39 is 0 Å². The Balaban J connectivity index is 1.94. The molecule has 0 radical (unpaired) electrons. The number of hydrogen-bond acceptors (Lipinski definition) is 3. The molecule has 126 valence electrons. The molecule has 2 aromatic rings. The normalized spacial score (nSPS) is 12.8. The van der Waals surface area contributed by atoms with Crippen molar-refractivity contribution in [2.75, 3.05) is 11.4 Å². The molecule has 0 bridgehead atoms. The lowest BCUT2D eigenvalue weighted by atomic mass is 10.1. The highest BCUT2D eigenvalue weighted by Crippen LogP contribution is 2.49. The van der Waals surface area contributed by atoms with E-state index >= 15 is 0 Å². The van der Waals surface area contributed by atoms with Gasteiger partial charge >= 0.3 is 0 Å². The van der Waals surface area contributed by atoms with E-state index in [1.165, 1.54) is 15.5 Å². The Kier molecular flexibility index (Phi) is 5.14. The van der Waals surface area contributed by atoms with Gasteiger partial charge in [-0.2, -0.15) is 0 Å².